The second-order valence-corrected chi connectivity index (χ2v) is 3.41. The molecular weight excluding hydrogens is 110 g/mol. The summed E-state index contributed by atoms with van der Waals surface area (Å²) in [5.41, 5.74) is 0. The van der Waals surface area contributed by atoms with Gasteiger partial charge in [0.1, 0.15) is 0 Å². The molecule has 2 aliphatic rings. The Hall–Kier alpha value is -0.0400. The fourth-order valence-corrected chi connectivity index (χ4v) is 2.04. The average molecular weight is 125 g/mol. The van der Waals surface area contributed by atoms with Crippen LogP contribution in [-0.2, 0) is 0 Å². The van der Waals surface area contributed by atoms with Gasteiger partial charge in [0.2, 0.25) is 0 Å². The van der Waals surface area contributed by atoms with Crippen molar-refractivity contribution in [3.05, 3.63) is 0 Å². The van der Waals surface area contributed by atoms with Crippen LogP contribution in [0.2, 0.25) is 0 Å². The smallest absolute Gasteiger partial charge is 0.0108 e. The van der Waals surface area contributed by atoms with Gasteiger partial charge in [-0.3, -0.25) is 0 Å². The van der Waals surface area contributed by atoms with Crippen molar-refractivity contribution >= 4 is 0 Å². The molecule has 0 bridgehead atoms. The number of hydrogen-bond acceptors (Lipinski definition) is 1. The van der Waals surface area contributed by atoms with Crippen LogP contribution in [0.3, 0.4) is 0 Å². The largest absolute Gasteiger partial charge is 0.313 e. The molecule has 1 nitrogen and oxygen atoms in total. The molecule has 1 heterocycles. The Balaban J connectivity index is 1.90. The van der Waals surface area contributed by atoms with Crippen LogP contribution in [0.5, 0.6) is 0 Å². The van der Waals surface area contributed by atoms with Crippen LogP contribution >= 0.6 is 0 Å². The Morgan fingerprint density at radius 1 is 1.00 bits per heavy atom. The van der Waals surface area contributed by atoms with Crippen molar-refractivity contribution in [3.8, 4) is 0 Å². The van der Waals surface area contributed by atoms with E-state index in [1.54, 1.807) is 0 Å². The van der Waals surface area contributed by atoms with Gasteiger partial charge in [0.05, 0.1) is 0 Å². The summed E-state index contributed by atoms with van der Waals surface area (Å²) in [4.78, 5) is 0. The lowest BCUT2D eigenvalue weighted by Gasteiger charge is -2.36. The van der Waals surface area contributed by atoms with Gasteiger partial charge in [-0.2, -0.15) is 0 Å². The number of fused-ring (bicyclic) bond motifs is 1. The second kappa shape index (κ2) is 2.30. The zero-order valence-corrected chi connectivity index (χ0v) is 5.90. The predicted molar refractivity (Wildman–Crippen MR) is 38.4 cm³/mol. The van der Waals surface area contributed by atoms with Crippen molar-refractivity contribution in [1.29, 1.82) is 0 Å². The van der Waals surface area contributed by atoms with Gasteiger partial charge in [-0.25, -0.2) is 0 Å². The highest BCUT2D eigenvalue weighted by molar-refractivity contribution is 4.89. The molecule has 1 N–H and O–H groups in total. The Labute approximate surface area is 56.8 Å². The van der Waals surface area contributed by atoms with Crippen molar-refractivity contribution in [2.24, 2.45) is 5.92 Å². The van der Waals surface area contributed by atoms with Crippen LogP contribution in [0.25, 0.3) is 0 Å². The van der Waals surface area contributed by atoms with Crippen molar-refractivity contribution in [2.75, 3.05) is 6.54 Å². The van der Waals surface area contributed by atoms with E-state index in [9.17, 15) is 0 Å². The monoisotopic (exact) mass is 125 g/mol. The molecule has 2 rings (SSSR count). The Morgan fingerprint density at radius 3 is 2.67 bits per heavy atom. The molecular formula is C8H15N. The minimum Gasteiger partial charge on any atom is -0.313 e. The maximum Gasteiger partial charge on any atom is 0.0108 e. The van der Waals surface area contributed by atoms with Crippen LogP contribution in [0.1, 0.15) is 32.1 Å². The van der Waals surface area contributed by atoms with E-state index in [-0.39, 0.29) is 0 Å². The molecule has 1 aliphatic carbocycles. The molecule has 0 aromatic carbocycles. The standard InChI is InChI=1S/C8H15N/c1-2-4-7-6-9-8(7)5-3-1/h7-9H,1-6H2/t7-,8+/m0/s1. The minimum absolute atomic E-state index is 0.924. The summed E-state index contributed by atoms with van der Waals surface area (Å²) >= 11 is 0. The van der Waals surface area contributed by atoms with Crippen LogP contribution in [0.15, 0.2) is 0 Å². The van der Waals surface area contributed by atoms with E-state index in [0.717, 1.165) is 12.0 Å². The molecule has 1 heteroatoms. The van der Waals surface area contributed by atoms with Crippen molar-refractivity contribution in [1.82, 2.24) is 5.32 Å². The van der Waals surface area contributed by atoms with Crippen molar-refractivity contribution in [2.45, 2.75) is 38.1 Å². The van der Waals surface area contributed by atoms with Crippen molar-refractivity contribution in [3.63, 3.8) is 0 Å². The summed E-state index contributed by atoms with van der Waals surface area (Å²) in [6.07, 6.45) is 7.38. The second-order valence-electron chi connectivity index (χ2n) is 3.41. The summed E-state index contributed by atoms with van der Waals surface area (Å²) in [5.74, 6) is 1.06. The molecule has 2 atom stereocenters. The van der Waals surface area contributed by atoms with E-state index in [0.29, 0.717) is 0 Å². The summed E-state index contributed by atoms with van der Waals surface area (Å²) < 4.78 is 0. The molecule has 0 amide bonds. The SMILES string of the molecule is C1CC[C@H]2CN[C@@H]2CC1. The lowest BCUT2D eigenvalue weighted by atomic mass is 9.88. The number of nitrogens with one attached hydrogen (secondary N) is 1. The first-order valence-corrected chi connectivity index (χ1v) is 4.20. The third kappa shape index (κ3) is 0.983. The lowest BCUT2D eigenvalue weighted by molar-refractivity contribution is 0.219. The molecule has 0 spiro atoms. The van der Waals surface area contributed by atoms with Crippen LogP contribution < -0.4 is 5.32 Å². The lowest BCUT2D eigenvalue weighted by Crippen LogP contribution is -2.51. The summed E-state index contributed by atoms with van der Waals surface area (Å²) in [5, 5.41) is 3.49. The summed E-state index contributed by atoms with van der Waals surface area (Å²) in [6, 6.07) is 0.924. The fourth-order valence-electron chi connectivity index (χ4n) is 2.04. The highest BCUT2D eigenvalue weighted by Gasteiger charge is 2.30. The summed E-state index contributed by atoms with van der Waals surface area (Å²) in [6.45, 7) is 1.31. The molecule has 0 unspecified atom stereocenters. The highest BCUT2D eigenvalue weighted by Crippen LogP contribution is 2.28. The molecule has 0 aromatic heterocycles. The zero-order chi connectivity index (χ0) is 6.10. The third-order valence-corrected chi connectivity index (χ3v) is 2.80. The van der Waals surface area contributed by atoms with Gasteiger partial charge in [-0.15, -0.1) is 0 Å². The van der Waals surface area contributed by atoms with Gasteiger partial charge in [-0.1, -0.05) is 19.3 Å². The molecule has 1 saturated carbocycles. The molecule has 9 heavy (non-hydrogen) atoms. The zero-order valence-electron chi connectivity index (χ0n) is 5.90. The third-order valence-electron chi connectivity index (χ3n) is 2.80. The normalized spacial score (nSPS) is 42.7. The van der Waals surface area contributed by atoms with Crippen molar-refractivity contribution < 1.29 is 0 Å². The van der Waals surface area contributed by atoms with Gasteiger partial charge < -0.3 is 5.32 Å². The van der Waals surface area contributed by atoms with E-state index in [1.165, 1.54) is 38.6 Å². The van der Waals surface area contributed by atoms with Gasteiger partial charge in [0.15, 0.2) is 0 Å². The van der Waals surface area contributed by atoms with Gasteiger partial charge in [0, 0.05) is 6.04 Å². The van der Waals surface area contributed by atoms with Gasteiger partial charge in [-0.05, 0) is 25.3 Å². The molecule has 0 aromatic rings. The van der Waals surface area contributed by atoms with Crippen LogP contribution in [0, 0.1) is 5.92 Å². The fraction of sp³-hybridized carbons (Fsp3) is 1.00. The maximum absolute atomic E-state index is 3.49. The number of hydrogen-bond donors (Lipinski definition) is 1. The first-order valence-electron chi connectivity index (χ1n) is 4.20. The van der Waals surface area contributed by atoms with Gasteiger partial charge in [0.25, 0.3) is 0 Å². The van der Waals surface area contributed by atoms with E-state index in [4.69, 9.17) is 0 Å². The Morgan fingerprint density at radius 2 is 1.89 bits per heavy atom. The van der Waals surface area contributed by atoms with E-state index >= 15 is 0 Å². The van der Waals surface area contributed by atoms with E-state index < -0.39 is 0 Å². The highest BCUT2D eigenvalue weighted by atomic mass is 15.0. The predicted octanol–water partition coefficient (Wildman–Crippen LogP) is 1.54. The molecule has 1 aliphatic heterocycles. The van der Waals surface area contributed by atoms with Crippen LogP contribution in [0.4, 0.5) is 0 Å². The topological polar surface area (TPSA) is 12.0 Å². The van der Waals surface area contributed by atoms with E-state index in [1.807, 2.05) is 0 Å². The minimum atomic E-state index is 0.924. The molecule has 52 valence electrons. The maximum atomic E-state index is 3.49. The molecule has 1 saturated heterocycles. The molecule has 0 radical (unpaired) electrons. The Bertz CT molecular complexity index is 88.7. The van der Waals surface area contributed by atoms with E-state index in [2.05, 4.69) is 5.32 Å². The molecule has 2 fully saturated rings. The summed E-state index contributed by atoms with van der Waals surface area (Å²) in [7, 11) is 0. The number of rotatable bonds is 0. The first kappa shape index (κ1) is 5.72. The Kier molecular flexibility index (Phi) is 1.46. The van der Waals surface area contributed by atoms with Gasteiger partial charge >= 0.3 is 0 Å². The average Bonchev–Trinajstić information content (AvgIpc) is 1.94. The first-order chi connectivity index (χ1) is 4.47. The van der Waals surface area contributed by atoms with Crippen LogP contribution in [-0.4, -0.2) is 12.6 Å². The quantitative estimate of drug-likeness (QED) is 0.518.